The molecule has 2 N–H and O–H groups in total. The Labute approximate surface area is 109 Å². The summed E-state index contributed by atoms with van der Waals surface area (Å²) in [5.41, 5.74) is -0.722. The van der Waals surface area contributed by atoms with Gasteiger partial charge in [0.15, 0.2) is 9.84 Å². The Balaban J connectivity index is 2.82. The molecule has 0 bridgehead atoms. The van der Waals surface area contributed by atoms with Crippen LogP contribution < -0.4 is 4.72 Å². The van der Waals surface area contributed by atoms with Crippen molar-refractivity contribution in [2.45, 2.75) is 43.9 Å². The lowest BCUT2D eigenvalue weighted by Crippen LogP contribution is -2.49. The van der Waals surface area contributed by atoms with Gasteiger partial charge in [0.1, 0.15) is 0 Å². The van der Waals surface area contributed by atoms with E-state index in [0.29, 0.717) is 12.8 Å². The molecule has 18 heavy (non-hydrogen) atoms. The molecule has 108 valence electrons. The summed E-state index contributed by atoms with van der Waals surface area (Å²) in [5, 5.41) is 8.08. The summed E-state index contributed by atoms with van der Waals surface area (Å²) in [6, 6.07) is 0. The highest BCUT2D eigenvalue weighted by atomic mass is 32.2. The fraction of sp³-hybridized carbons (Fsp3) is 1.00. The zero-order valence-corrected chi connectivity index (χ0v) is 12.3. The second kappa shape index (κ2) is 5.44. The molecule has 8 heteroatoms. The van der Waals surface area contributed by atoms with E-state index in [0.717, 1.165) is 0 Å². The Morgan fingerprint density at radius 1 is 1.44 bits per heavy atom. The molecule has 1 fully saturated rings. The smallest absolute Gasteiger partial charge is 0.216 e. The molecule has 1 aliphatic heterocycles. The molecule has 2 atom stereocenters. The van der Waals surface area contributed by atoms with E-state index in [1.807, 2.05) is 6.92 Å². The lowest BCUT2D eigenvalue weighted by Gasteiger charge is -2.29. The number of sulfonamides is 1. The lowest BCUT2D eigenvalue weighted by molar-refractivity contribution is 0.233. The van der Waals surface area contributed by atoms with Crippen molar-refractivity contribution in [1.82, 2.24) is 4.72 Å². The largest absolute Gasteiger partial charge is 0.396 e. The monoisotopic (exact) mass is 299 g/mol. The van der Waals surface area contributed by atoms with E-state index >= 15 is 0 Å². The van der Waals surface area contributed by atoms with Crippen molar-refractivity contribution in [2.24, 2.45) is 0 Å². The van der Waals surface area contributed by atoms with Gasteiger partial charge in [0.2, 0.25) is 10.0 Å². The molecule has 1 aliphatic rings. The fourth-order valence-electron chi connectivity index (χ4n) is 1.98. The maximum atomic E-state index is 12.1. The average molecular weight is 299 g/mol. The number of nitrogens with one attached hydrogen (secondary N) is 1. The van der Waals surface area contributed by atoms with Crippen LogP contribution in [-0.2, 0) is 19.9 Å². The minimum Gasteiger partial charge on any atom is -0.396 e. The van der Waals surface area contributed by atoms with Crippen LogP contribution in [0.2, 0.25) is 0 Å². The molecule has 2 unspecified atom stereocenters. The van der Waals surface area contributed by atoms with E-state index in [2.05, 4.69) is 4.72 Å². The Morgan fingerprint density at radius 3 is 2.44 bits per heavy atom. The van der Waals surface area contributed by atoms with Crippen LogP contribution in [0.5, 0.6) is 0 Å². The second-order valence-electron chi connectivity index (χ2n) is 5.06. The summed E-state index contributed by atoms with van der Waals surface area (Å²) in [6.45, 7) is 3.42. The molecule has 1 saturated heterocycles. The van der Waals surface area contributed by atoms with Crippen LogP contribution in [0.25, 0.3) is 0 Å². The first-order valence-corrected chi connectivity index (χ1v) is 9.35. The molecule has 0 aliphatic carbocycles. The van der Waals surface area contributed by atoms with Crippen molar-refractivity contribution < 1.29 is 21.9 Å². The normalized spacial score (nSPS) is 26.9. The van der Waals surface area contributed by atoms with Crippen LogP contribution in [0.15, 0.2) is 0 Å². The van der Waals surface area contributed by atoms with E-state index in [9.17, 15) is 16.8 Å². The maximum absolute atomic E-state index is 12.1. The van der Waals surface area contributed by atoms with E-state index in [1.165, 1.54) is 0 Å². The first-order valence-electron chi connectivity index (χ1n) is 5.98. The van der Waals surface area contributed by atoms with Crippen molar-refractivity contribution in [3.05, 3.63) is 0 Å². The number of aliphatic hydroxyl groups is 1. The number of sulfone groups is 1. The van der Waals surface area contributed by atoms with Crippen LogP contribution in [0.3, 0.4) is 0 Å². The quantitative estimate of drug-likeness (QED) is 0.698. The molecular formula is C10H21NO5S2. The Kier molecular flexibility index (Phi) is 4.80. The fourth-order valence-corrected chi connectivity index (χ4v) is 6.54. The molecule has 0 aromatic heterocycles. The zero-order valence-electron chi connectivity index (χ0n) is 10.7. The highest BCUT2D eigenvalue weighted by Gasteiger charge is 2.40. The summed E-state index contributed by atoms with van der Waals surface area (Å²) in [5.74, 6) is -0.372. The lowest BCUT2D eigenvalue weighted by atomic mass is 9.97. The predicted octanol–water partition coefficient (Wildman–Crippen LogP) is -0.356. The molecular weight excluding hydrogens is 278 g/mol. The summed E-state index contributed by atoms with van der Waals surface area (Å²) in [4.78, 5) is 0. The summed E-state index contributed by atoms with van der Waals surface area (Å²) in [6.07, 6.45) is 0.991. The first kappa shape index (κ1) is 15.9. The zero-order chi connectivity index (χ0) is 14.0. The van der Waals surface area contributed by atoms with Crippen molar-refractivity contribution in [1.29, 1.82) is 0 Å². The van der Waals surface area contributed by atoms with Gasteiger partial charge < -0.3 is 5.11 Å². The topological polar surface area (TPSA) is 101 Å². The number of hydrogen-bond acceptors (Lipinski definition) is 5. The summed E-state index contributed by atoms with van der Waals surface area (Å²) in [7, 11) is -6.89. The number of rotatable bonds is 6. The Hall–Kier alpha value is -0.180. The van der Waals surface area contributed by atoms with Gasteiger partial charge >= 0.3 is 0 Å². The van der Waals surface area contributed by atoms with E-state index in [-0.39, 0.29) is 24.5 Å². The average Bonchev–Trinajstić information content (AvgIpc) is 2.59. The van der Waals surface area contributed by atoms with Gasteiger partial charge in [0.25, 0.3) is 0 Å². The van der Waals surface area contributed by atoms with Gasteiger partial charge in [-0.25, -0.2) is 21.6 Å². The molecule has 0 amide bonds. The predicted molar refractivity (Wildman–Crippen MR) is 69.5 cm³/mol. The summed E-state index contributed by atoms with van der Waals surface area (Å²) >= 11 is 0. The van der Waals surface area contributed by atoms with Crippen molar-refractivity contribution >= 4 is 19.9 Å². The molecule has 0 aromatic rings. The van der Waals surface area contributed by atoms with Gasteiger partial charge in [-0.1, -0.05) is 6.92 Å². The second-order valence-corrected chi connectivity index (χ2v) is 9.25. The standard InChI is InChI=1S/C10H21NO5S2/c1-3-10(2,5-6-12)11-18(15,16)9-4-7-17(13,14)8-9/h9,11-12H,3-8H2,1-2H3. The number of aliphatic hydroxyl groups excluding tert-OH is 1. The molecule has 1 rings (SSSR count). The van der Waals surface area contributed by atoms with E-state index in [4.69, 9.17) is 5.11 Å². The van der Waals surface area contributed by atoms with Crippen LogP contribution in [0.1, 0.15) is 33.1 Å². The third kappa shape index (κ3) is 3.91. The van der Waals surface area contributed by atoms with E-state index < -0.39 is 30.6 Å². The third-order valence-electron chi connectivity index (χ3n) is 3.46. The van der Waals surface area contributed by atoms with Gasteiger partial charge in [-0.3, -0.25) is 0 Å². The first-order chi connectivity index (χ1) is 8.14. The van der Waals surface area contributed by atoms with Crippen molar-refractivity contribution in [3.8, 4) is 0 Å². The van der Waals surface area contributed by atoms with Gasteiger partial charge in [0.05, 0.1) is 16.8 Å². The molecule has 0 aromatic carbocycles. The minimum absolute atomic E-state index is 0.0680. The SMILES string of the molecule is CCC(C)(CCO)NS(=O)(=O)C1CCS(=O)(=O)C1. The van der Waals surface area contributed by atoms with Gasteiger partial charge in [0, 0.05) is 12.1 Å². The molecule has 0 saturated carbocycles. The van der Waals surface area contributed by atoms with Crippen molar-refractivity contribution in [2.75, 3.05) is 18.1 Å². The van der Waals surface area contributed by atoms with Crippen LogP contribution in [-0.4, -0.2) is 50.8 Å². The highest BCUT2D eigenvalue weighted by Crippen LogP contribution is 2.22. The van der Waals surface area contributed by atoms with Gasteiger partial charge in [-0.15, -0.1) is 0 Å². The number of hydrogen-bond donors (Lipinski definition) is 2. The Morgan fingerprint density at radius 2 is 2.06 bits per heavy atom. The highest BCUT2D eigenvalue weighted by molar-refractivity contribution is 7.95. The van der Waals surface area contributed by atoms with Crippen molar-refractivity contribution in [3.63, 3.8) is 0 Å². The van der Waals surface area contributed by atoms with Gasteiger partial charge in [-0.05, 0) is 26.2 Å². The minimum atomic E-state index is -3.66. The Bertz CT molecular complexity index is 484. The molecule has 0 radical (unpaired) electrons. The van der Waals surface area contributed by atoms with Crippen LogP contribution in [0, 0.1) is 0 Å². The molecule has 0 spiro atoms. The third-order valence-corrected chi connectivity index (χ3v) is 7.50. The molecule has 6 nitrogen and oxygen atoms in total. The molecule has 1 heterocycles. The summed E-state index contributed by atoms with van der Waals surface area (Å²) < 4.78 is 49.4. The van der Waals surface area contributed by atoms with Crippen LogP contribution >= 0.6 is 0 Å². The van der Waals surface area contributed by atoms with Crippen LogP contribution in [0.4, 0.5) is 0 Å². The van der Waals surface area contributed by atoms with E-state index in [1.54, 1.807) is 6.92 Å². The maximum Gasteiger partial charge on any atom is 0.216 e. The van der Waals surface area contributed by atoms with Gasteiger partial charge in [-0.2, -0.15) is 0 Å².